The number of urea groups is 1. The van der Waals surface area contributed by atoms with Gasteiger partial charge in [-0.3, -0.25) is 10.2 Å². The predicted molar refractivity (Wildman–Crippen MR) is 148 cm³/mol. The third-order valence-corrected chi connectivity index (χ3v) is 8.05. The van der Waals surface area contributed by atoms with Crippen molar-refractivity contribution in [3.8, 4) is 0 Å². The zero-order chi connectivity index (χ0) is 25.0. The lowest BCUT2D eigenvalue weighted by Gasteiger charge is -2.32. The Balaban J connectivity index is 1.31. The maximum absolute atomic E-state index is 12.6. The quantitative estimate of drug-likeness (QED) is 0.383. The smallest absolute Gasteiger partial charge is 0.321 e. The van der Waals surface area contributed by atoms with Gasteiger partial charge in [-0.1, -0.05) is 66.2 Å². The van der Waals surface area contributed by atoms with Gasteiger partial charge in [0.05, 0.1) is 11.7 Å². The molecule has 2 N–H and O–H groups in total. The van der Waals surface area contributed by atoms with Crippen LogP contribution >= 0.6 is 27.3 Å². The van der Waals surface area contributed by atoms with Crippen molar-refractivity contribution in [1.82, 2.24) is 20.1 Å². The lowest BCUT2D eigenvalue weighted by atomic mass is 9.82. The number of likely N-dealkylation sites (N-methyl/N-ethyl adjacent to an activating group) is 1. The van der Waals surface area contributed by atoms with Crippen LogP contribution in [0.25, 0.3) is 0 Å². The molecule has 1 aliphatic rings. The van der Waals surface area contributed by atoms with Crippen LogP contribution in [0.2, 0.25) is 0 Å². The van der Waals surface area contributed by atoms with Crippen molar-refractivity contribution < 1.29 is 4.79 Å². The van der Waals surface area contributed by atoms with Crippen LogP contribution in [-0.4, -0.2) is 54.0 Å². The van der Waals surface area contributed by atoms with Crippen LogP contribution in [-0.2, 0) is 12.0 Å². The summed E-state index contributed by atoms with van der Waals surface area (Å²) in [4.78, 5) is 22.2. The second-order valence-electron chi connectivity index (χ2n) is 9.81. The number of amides is 2. The number of nitrogens with zero attached hydrogens (tertiary/aromatic N) is 3. The molecule has 2 aromatic carbocycles. The van der Waals surface area contributed by atoms with Crippen LogP contribution in [0.1, 0.15) is 49.2 Å². The summed E-state index contributed by atoms with van der Waals surface area (Å²) in [5.74, 6) is 0. The molecule has 1 saturated heterocycles. The van der Waals surface area contributed by atoms with Gasteiger partial charge in [0.15, 0.2) is 5.13 Å². The minimum absolute atomic E-state index is 0.105. The molecule has 0 aliphatic carbocycles. The topological polar surface area (TPSA) is 60.5 Å². The van der Waals surface area contributed by atoms with E-state index in [0.29, 0.717) is 5.13 Å². The van der Waals surface area contributed by atoms with Gasteiger partial charge >= 0.3 is 6.03 Å². The molecule has 1 aliphatic heterocycles. The second kappa shape index (κ2) is 11.2. The van der Waals surface area contributed by atoms with Crippen LogP contribution in [0.3, 0.4) is 0 Å². The first-order valence-electron chi connectivity index (χ1n) is 12.0. The lowest BCUT2D eigenvalue weighted by molar-refractivity contribution is 0.148. The van der Waals surface area contributed by atoms with Gasteiger partial charge in [-0.15, -0.1) is 11.3 Å². The average Bonchev–Trinajstić information content (AvgIpc) is 3.30. The summed E-state index contributed by atoms with van der Waals surface area (Å²) < 4.78 is 1.05. The highest BCUT2D eigenvalue weighted by atomic mass is 79.9. The highest BCUT2D eigenvalue weighted by Crippen LogP contribution is 2.34. The molecule has 1 unspecified atom stereocenters. The molecule has 0 radical (unpaired) electrons. The summed E-state index contributed by atoms with van der Waals surface area (Å²) in [6, 6.07) is 16.5. The molecule has 3 aromatic rings. The number of rotatable bonds is 7. The first kappa shape index (κ1) is 25.8. The minimum atomic E-state index is -0.257. The van der Waals surface area contributed by atoms with E-state index in [2.05, 4.69) is 93.7 Å². The fourth-order valence-electron chi connectivity index (χ4n) is 4.22. The van der Waals surface area contributed by atoms with Gasteiger partial charge in [0.25, 0.3) is 0 Å². The summed E-state index contributed by atoms with van der Waals surface area (Å²) in [7, 11) is 2.18. The van der Waals surface area contributed by atoms with Crippen molar-refractivity contribution in [2.75, 3.05) is 38.5 Å². The molecule has 35 heavy (non-hydrogen) atoms. The number of halogens is 1. The van der Waals surface area contributed by atoms with Crippen LogP contribution in [0.4, 0.5) is 9.93 Å². The van der Waals surface area contributed by atoms with Gasteiger partial charge in [0.2, 0.25) is 0 Å². The Kier molecular flexibility index (Phi) is 8.27. The zero-order valence-corrected chi connectivity index (χ0v) is 23.2. The Labute approximate surface area is 220 Å². The molecule has 0 saturated carbocycles. The van der Waals surface area contributed by atoms with Crippen LogP contribution in [0, 0.1) is 0 Å². The van der Waals surface area contributed by atoms with E-state index in [1.54, 1.807) is 0 Å². The summed E-state index contributed by atoms with van der Waals surface area (Å²) >= 11 is 4.93. The first-order valence-corrected chi connectivity index (χ1v) is 13.7. The maximum atomic E-state index is 12.6. The van der Waals surface area contributed by atoms with E-state index in [9.17, 15) is 4.79 Å². The molecule has 1 atom stereocenters. The standard InChI is InChI=1S/C27H34BrN5OS/c1-19(21-7-5-20(6-8-21)17-33-15-13-32(4)14-16-33)29-25(34)31-26-30-24(18-35-26)27(2,3)22-9-11-23(28)12-10-22/h5-12,18-19H,13-17H2,1-4H3,(H2,29,30,31,34). The van der Waals surface area contributed by atoms with Crippen molar-refractivity contribution >= 4 is 38.4 Å². The number of thiazole rings is 1. The Morgan fingerprint density at radius 3 is 2.40 bits per heavy atom. The summed E-state index contributed by atoms with van der Waals surface area (Å²) in [5, 5.41) is 8.54. The normalized spacial score (nSPS) is 16.1. The molecule has 8 heteroatoms. The fraction of sp³-hybridized carbons (Fsp3) is 0.407. The minimum Gasteiger partial charge on any atom is -0.331 e. The van der Waals surface area contributed by atoms with Crippen LogP contribution < -0.4 is 10.6 Å². The molecular weight excluding hydrogens is 522 g/mol. The molecule has 1 fully saturated rings. The Morgan fingerprint density at radius 2 is 1.74 bits per heavy atom. The van der Waals surface area contributed by atoms with Crippen LogP contribution in [0.5, 0.6) is 0 Å². The van der Waals surface area contributed by atoms with E-state index in [4.69, 9.17) is 4.98 Å². The first-order chi connectivity index (χ1) is 16.7. The van der Waals surface area contributed by atoms with Crippen molar-refractivity contribution in [3.05, 3.63) is 80.8 Å². The maximum Gasteiger partial charge on any atom is 0.321 e. The summed E-state index contributed by atoms with van der Waals surface area (Å²) in [6.45, 7) is 11.7. The van der Waals surface area contributed by atoms with Crippen molar-refractivity contribution in [2.45, 2.75) is 38.8 Å². The highest BCUT2D eigenvalue weighted by molar-refractivity contribution is 9.10. The number of aromatic nitrogens is 1. The van der Waals surface area contributed by atoms with Crippen molar-refractivity contribution in [2.24, 2.45) is 0 Å². The molecule has 1 aromatic heterocycles. The average molecular weight is 557 g/mol. The SMILES string of the molecule is CC(NC(=O)Nc1nc(C(C)(C)c2ccc(Br)cc2)cs1)c1ccc(CN2CCN(C)CC2)cc1. The Morgan fingerprint density at radius 1 is 1.09 bits per heavy atom. The summed E-state index contributed by atoms with van der Waals surface area (Å²) in [6.07, 6.45) is 0. The molecule has 6 nitrogen and oxygen atoms in total. The van der Waals surface area contributed by atoms with E-state index < -0.39 is 0 Å². The van der Waals surface area contributed by atoms with Gasteiger partial charge in [0, 0.05) is 48.0 Å². The number of carbonyl (C=O) groups excluding carboxylic acids is 1. The fourth-order valence-corrected chi connectivity index (χ4v) is 5.36. The van der Waals surface area contributed by atoms with E-state index >= 15 is 0 Å². The zero-order valence-electron chi connectivity index (χ0n) is 20.8. The molecule has 2 heterocycles. The number of hydrogen-bond acceptors (Lipinski definition) is 5. The third-order valence-electron chi connectivity index (χ3n) is 6.76. The van der Waals surface area contributed by atoms with Gasteiger partial charge < -0.3 is 10.2 Å². The largest absolute Gasteiger partial charge is 0.331 e. The Hall–Kier alpha value is -2.26. The second-order valence-corrected chi connectivity index (χ2v) is 11.6. The number of benzene rings is 2. The number of carbonyl (C=O) groups is 1. The number of piperazine rings is 1. The molecule has 0 bridgehead atoms. The molecule has 186 valence electrons. The van der Waals surface area contributed by atoms with Gasteiger partial charge in [0.1, 0.15) is 0 Å². The van der Waals surface area contributed by atoms with E-state index in [0.717, 1.165) is 48.5 Å². The molecule has 0 spiro atoms. The van der Waals surface area contributed by atoms with E-state index in [1.165, 1.54) is 22.5 Å². The van der Waals surface area contributed by atoms with E-state index in [1.807, 2.05) is 24.4 Å². The monoisotopic (exact) mass is 555 g/mol. The van der Waals surface area contributed by atoms with Gasteiger partial charge in [-0.25, -0.2) is 9.78 Å². The van der Waals surface area contributed by atoms with Crippen molar-refractivity contribution in [3.63, 3.8) is 0 Å². The highest BCUT2D eigenvalue weighted by Gasteiger charge is 2.26. The van der Waals surface area contributed by atoms with E-state index in [-0.39, 0.29) is 17.5 Å². The predicted octanol–water partition coefficient (Wildman–Crippen LogP) is 5.86. The van der Waals surface area contributed by atoms with Crippen LogP contribution in [0.15, 0.2) is 58.4 Å². The molecular formula is C27H34BrN5OS. The summed E-state index contributed by atoms with van der Waals surface area (Å²) in [5.41, 5.74) is 4.24. The lowest BCUT2D eigenvalue weighted by Crippen LogP contribution is -2.43. The Bertz CT molecular complexity index is 1120. The molecule has 4 rings (SSSR count). The van der Waals surface area contributed by atoms with Gasteiger partial charge in [-0.05, 0) is 42.8 Å². The molecule has 2 amide bonds. The van der Waals surface area contributed by atoms with Crippen molar-refractivity contribution in [1.29, 1.82) is 0 Å². The third kappa shape index (κ3) is 6.70. The number of anilines is 1. The number of nitrogens with one attached hydrogen (secondary N) is 2. The van der Waals surface area contributed by atoms with Gasteiger partial charge in [-0.2, -0.15) is 0 Å². The number of hydrogen-bond donors (Lipinski definition) is 2.